The molecule has 0 aromatic carbocycles. The van der Waals surface area contributed by atoms with E-state index in [9.17, 15) is 4.79 Å². The highest BCUT2D eigenvalue weighted by Crippen LogP contribution is 2.59. The zero-order valence-corrected chi connectivity index (χ0v) is 14.7. The smallest absolute Gasteiger partial charge is 0.226 e. The van der Waals surface area contributed by atoms with Crippen LogP contribution in [-0.2, 0) is 11.3 Å². The fraction of sp³-hybridized carbons (Fsp3) is 0.643. The van der Waals surface area contributed by atoms with Gasteiger partial charge >= 0.3 is 0 Å². The van der Waals surface area contributed by atoms with Gasteiger partial charge in [0.05, 0.1) is 3.79 Å². The zero-order chi connectivity index (χ0) is 13.5. The van der Waals surface area contributed by atoms with Crippen LogP contribution in [0.15, 0.2) is 15.2 Å². The summed E-state index contributed by atoms with van der Waals surface area (Å²) in [7, 11) is 1.93. The van der Waals surface area contributed by atoms with Gasteiger partial charge in [-0.25, -0.2) is 0 Å². The first-order chi connectivity index (χ1) is 9.11. The second kappa shape index (κ2) is 6.34. The topological polar surface area (TPSA) is 32.3 Å². The maximum Gasteiger partial charge on any atom is 0.226 e. The summed E-state index contributed by atoms with van der Waals surface area (Å²) in [6.07, 6.45) is 3.44. The van der Waals surface area contributed by atoms with Crippen molar-refractivity contribution in [2.75, 3.05) is 20.1 Å². The molecule has 1 aromatic rings. The lowest BCUT2D eigenvalue weighted by Crippen LogP contribution is -2.34. The van der Waals surface area contributed by atoms with Crippen molar-refractivity contribution in [3.63, 3.8) is 0 Å². The lowest BCUT2D eigenvalue weighted by molar-refractivity contribution is -0.132. The van der Waals surface area contributed by atoms with Crippen LogP contribution in [0, 0.1) is 11.3 Å². The highest BCUT2D eigenvalue weighted by molar-refractivity contribution is 9.11. The van der Waals surface area contributed by atoms with Crippen LogP contribution in [0.1, 0.15) is 24.8 Å². The molecule has 1 saturated heterocycles. The summed E-state index contributed by atoms with van der Waals surface area (Å²) in [5.41, 5.74) is 1.55. The van der Waals surface area contributed by atoms with Crippen molar-refractivity contribution in [1.29, 1.82) is 0 Å². The first-order valence-corrected chi connectivity index (χ1v) is 8.47. The van der Waals surface area contributed by atoms with Gasteiger partial charge < -0.3 is 10.2 Å². The number of amides is 1. The van der Waals surface area contributed by atoms with Crippen LogP contribution >= 0.6 is 39.7 Å². The van der Waals surface area contributed by atoms with Crippen molar-refractivity contribution in [3.05, 3.63) is 20.8 Å². The third kappa shape index (κ3) is 3.21. The van der Waals surface area contributed by atoms with Gasteiger partial charge in [0.2, 0.25) is 5.91 Å². The Morgan fingerprint density at radius 1 is 1.55 bits per heavy atom. The van der Waals surface area contributed by atoms with E-state index in [0.29, 0.717) is 11.3 Å². The van der Waals surface area contributed by atoms with Crippen LogP contribution in [0.5, 0.6) is 0 Å². The Labute approximate surface area is 138 Å². The Hall–Kier alpha value is -0.100. The van der Waals surface area contributed by atoms with E-state index in [1.807, 2.05) is 11.9 Å². The molecule has 1 N–H and O–H groups in total. The Balaban J connectivity index is 0.00000147. The van der Waals surface area contributed by atoms with E-state index in [1.165, 1.54) is 18.4 Å². The van der Waals surface area contributed by atoms with Gasteiger partial charge in [-0.1, -0.05) is 0 Å². The second-order valence-electron chi connectivity index (χ2n) is 5.82. The molecular formula is C14H20BrClN2OS. The summed E-state index contributed by atoms with van der Waals surface area (Å²) in [6, 6.07) is 2.10. The molecule has 1 aromatic heterocycles. The molecule has 1 saturated carbocycles. The van der Waals surface area contributed by atoms with Crippen molar-refractivity contribution in [2.24, 2.45) is 11.3 Å². The number of carbonyl (C=O) groups excluding carboxylic acids is 1. The molecule has 0 radical (unpaired) electrons. The fourth-order valence-corrected chi connectivity index (χ4v) is 4.42. The molecule has 2 heterocycles. The van der Waals surface area contributed by atoms with Crippen LogP contribution in [0.3, 0.4) is 0 Å². The minimum absolute atomic E-state index is 0. The molecule has 20 heavy (non-hydrogen) atoms. The van der Waals surface area contributed by atoms with E-state index in [0.717, 1.165) is 29.8 Å². The average Bonchev–Trinajstić information content (AvgIpc) is 2.92. The quantitative estimate of drug-likeness (QED) is 0.874. The Bertz CT molecular complexity index is 487. The molecule has 3 nitrogen and oxygen atoms in total. The summed E-state index contributed by atoms with van der Waals surface area (Å²) in [4.78, 5) is 14.4. The van der Waals surface area contributed by atoms with Gasteiger partial charge in [0.25, 0.3) is 0 Å². The number of hydrogen-bond donors (Lipinski definition) is 1. The molecule has 1 atom stereocenters. The van der Waals surface area contributed by atoms with Crippen LogP contribution in [0.2, 0.25) is 0 Å². The Morgan fingerprint density at radius 2 is 2.25 bits per heavy atom. The molecule has 1 amide bonds. The van der Waals surface area contributed by atoms with E-state index < -0.39 is 0 Å². The van der Waals surface area contributed by atoms with E-state index in [1.54, 1.807) is 11.3 Å². The number of nitrogens with zero attached hydrogens (tertiary/aromatic N) is 1. The minimum Gasteiger partial charge on any atom is -0.341 e. The monoisotopic (exact) mass is 378 g/mol. The van der Waals surface area contributed by atoms with Gasteiger partial charge in [0.15, 0.2) is 0 Å². The zero-order valence-electron chi connectivity index (χ0n) is 11.5. The number of piperidine rings is 1. The molecule has 1 unspecified atom stereocenters. The van der Waals surface area contributed by atoms with Gasteiger partial charge in [-0.15, -0.1) is 23.7 Å². The third-order valence-electron chi connectivity index (χ3n) is 4.50. The normalized spacial score (nSPS) is 23.2. The van der Waals surface area contributed by atoms with Gasteiger partial charge in [-0.05, 0) is 70.7 Å². The number of hydrogen-bond acceptors (Lipinski definition) is 3. The van der Waals surface area contributed by atoms with Gasteiger partial charge in [0, 0.05) is 19.5 Å². The summed E-state index contributed by atoms with van der Waals surface area (Å²) in [5, 5.41) is 5.50. The van der Waals surface area contributed by atoms with Crippen molar-refractivity contribution in [2.45, 2.75) is 25.8 Å². The van der Waals surface area contributed by atoms with Crippen LogP contribution in [0.25, 0.3) is 0 Å². The molecule has 3 rings (SSSR count). The summed E-state index contributed by atoms with van der Waals surface area (Å²) in [5.74, 6) is 0.617. The molecule has 112 valence electrons. The first-order valence-electron chi connectivity index (χ1n) is 6.79. The van der Waals surface area contributed by atoms with E-state index >= 15 is 0 Å². The molecule has 0 bridgehead atoms. The maximum atomic E-state index is 12.5. The predicted octanol–water partition coefficient (Wildman–Crippen LogP) is 3.28. The van der Waals surface area contributed by atoms with Crippen molar-refractivity contribution < 1.29 is 4.79 Å². The molecular weight excluding hydrogens is 360 g/mol. The largest absolute Gasteiger partial charge is 0.341 e. The second-order valence-corrected chi connectivity index (χ2v) is 8.11. The van der Waals surface area contributed by atoms with Crippen molar-refractivity contribution in [1.82, 2.24) is 10.2 Å². The standard InChI is InChI=1S/C14H19BrN2OS.ClH/c1-17(8-10-6-12(15)19-9-10)13(18)11-7-14(11)2-4-16-5-3-14;/h6,9,11,16H,2-5,7-8H2,1H3;1H. The number of carbonyl (C=O) groups is 1. The summed E-state index contributed by atoms with van der Waals surface area (Å²) < 4.78 is 1.13. The molecule has 2 fully saturated rings. The molecule has 1 aliphatic carbocycles. The maximum absolute atomic E-state index is 12.5. The Kier molecular flexibility index (Phi) is 5.16. The SMILES string of the molecule is CN(Cc1csc(Br)c1)C(=O)C1CC12CCNCC2.Cl. The fourth-order valence-electron chi connectivity index (χ4n) is 3.22. The molecule has 6 heteroatoms. The van der Waals surface area contributed by atoms with Crippen molar-refractivity contribution in [3.8, 4) is 0 Å². The number of thiophene rings is 1. The summed E-state index contributed by atoms with van der Waals surface area (Å²) in [6.45, 7) is 2.88. The van der Waals surface area contributed by atoms with Crippen LogP contribution in [0.4, 0.5) is 0 Å². The minimum atomic E-state index is 0. The predicted molar refractivity (Wildman–Crippen MR) is 88.4 cm³/mol. The Morgan fingerprint density at radius 3 is 2.85 bits per heavy atom. The van der Waals surface area contributed by atoms with Crippen molar-refractivity contribution >= 4 is 45.6 Å². The number of nitrogens with one attached hydrogen (secondary N) is 1. The average molecular weight is 380 g/mol. The van der Waals surface area contributed by atoms with Crippen LogP contribution < -0.4 is 5.32 Å². The van der Waals surface area contributed by atoms with E-state index in [4.69, 9.17) is 0 Å². The number of halogens is 2. The van der Waals surface area contributed by atoms with Gasteiger partial charge in [0.1, 0.15) is 0 Å². The summed E-state index contributed by atoms with van der Waals surface area (Å²) >= 11 is 5.14. The first kappa shape index (κ1) is 16.3. The van der Waals surface area contributed by atoms with E-state index in [2.05, 4.69) is 32.7 Å². The lowest BCUT2D eigenvalue weighted by atomic mass is 9.91. The highest BCUT2D eigenvalue weighted by atomic mass is 79.9. The molecule has 2 aliphatic rings. The molecule has 1 spiro atoms. The highest BCUT2D eigenvalue weighted by Gasteiger charge is 2.58. The number of rotatable bonds is 3. The van der Waals surface area contributed by atoms with Crippen LogP contribution in [-0.4, -0.2) is 30.9 Å². The van der Waals surface area contributed by atoms with Gasteiger partial charge in [-0.2, -0.15) is 0 Å². The van der Waals surface area contributed by atoms with Gasteiger partial charge in [-0.3, -0.25) is 4.79 Å². The third-order valence-corrected chi connectivity index (χ3v) is 6.06. The lowest BCUT2D eigenvalue weighted by Gasteiger charge is -2.25. The van der Waals surface area contributed by atoms with E-state index in [-0.39, 0.29) is 18.3 Å². The molecule has 1 aliphatic heterocycles.